The molecule has 0 saturated carbocycles. The van der Waals surface area contributed by atoms with Gasteiger partial charge < -0.3 is 0 Å². The summed E-state index contributed by atoms with van der Waals surface area (Å²) in [4.78, 5) is 15.1. The quantitative estimate of drug-likeness (QED) is 0.147. The van der Waals surface area contributed by atoms with Gasteiger partial charge in [-0.2, -0.15) is 0 Å². The van der Waals surface area contributed by atoms with E-state index in [-0.39, 0.29) is 13.1 Å². The van der Waals surface area contributed by atoms with Crippen LogP contribution >= 0.6 is 20.2 Å². The predicted molar refractivity (Wildman–Crippen MR) is 172 cm³/mol. The summed E-state index contributed by atoms with van der Waals surface area (Å²) in [5, 5.41) is 0. The topological polar surface area (TPSA) is 37.1 Å². The van der Waals surface area contributed by atoms with Gasteiger partial charge in [-0.05, 0) is 69.4 Å². The van der Waals surface area contributed by atoms with Crippen LogP contribution in [0.2, 0.25) is 0 Å². The molecule has 0 unspecified atom stereocenters. The van der Waals surface area contributed by atoms with Gasteiger partial charge in [0, 0.05) is 11.8 Å². The van der Waals surface area contributed by atoms with Crippen molar-refractivity contribution < 1.29 is 13.1 Å². The van der Waals surface area contributed by atoms with E-state index in [0.29, 0.717) is 6.54 Å². The summed E-state index contributed by atoms with van der Waals surface area (Å²) in [5.74, 6) is 0. The standard InChI is InChI=1S/C34H35N3.2ClH.Fe/c1-23-17-25(3)33(26(4)18-23)36-31(29-13-9-7-10-14-29)21-35-22-32(30-15-11-8-12-16-30)37-34-27(5)19-24(2)20-28(34)6;;;/h7-21H,22H2,1-6H3;2*1H;/q;;;+2/p-2. The van der Waals surface area contributed by atoms with E-state index in [9.17, 15) is 0 Å². The summed E-state index contributed by atoms with van der Waals surface area (Å²) in [5.41, 5.74) is 13.1. The van der Waals surface area contributed by atoms with Crippen LogP contribution in [0.25, 0.3) is 0 Å². The van der Waals surface area contributed by atoms with E-state index < -0.39 is 0 Å². The summed E-state index contributed by atoms with van der Waals surface area (Å²) in [6.45, 7) is 13.2. The maximum atomic E-state index is 5.12. The third kappa shape index (κ3) is 9.01. The van der Waals surface area contributed by atoms with Gasteiger partial charge in [-0.3, -0.25) is 9.98 Å². The van der Waals surface area contributed by atoms with Crippen LogP contribution in [-0.4, -0.2) is 24.2 Å². The van der Waals surface area contributed by atoms with Crippen molar-refractivity contribution in [1.82, 2.24) is 0 Å². The average Bonchev–Trinajstić information content (AvgIpc) is 2.92. The molecule has 40 heavy (non-hydrogen) atoms. The SMILES string of the molecule is Cc1cc(C)c(N=C(C=NCC(=Nc2c(C)cc(C)cc2C)c2ccccc2)c2ccccc2)c(C)c1.[Cl][Fe][Cl]. The third-order valence-corrected chi connectivity index (χ3v) is 6.38. The molecule has 0 saturated heterocycles. The fourth-order valence-corrected chi connectivity index (χ4v) is 4.77. The van der Waals surface area contributed by atoms with Gasteiger partial charge in [0.05, 0.1) is 29.3 Å². The zero-order chi connectivity index (χ0) is 29.1. The van der Waals surface area contributed by atoms with E-state index in [1.807, 2.05) is 42.6 Å². The molecule has 0 aliphatic carbocycles. The molecule has 0 bridgehead atoms. The Morgan fingerprint density at radius 1 is 0.625 bits per heavy atom. The zero-order valence-corrected chi connectivity index (χ0v) is 26.4. The average molecular weight is 612 g/mol. The van der Waals surface area contributed by atoms with Crippen molar-refractivity contribution in [2.75, 3.05) is 6.54 Å². The van der Waals surface area contributed by atoms with Crippen LogP contribution in [-0.2, 0) is 13.1 Å². The minimum absolute atomic E-state index is 0.194. The van der Waals surface area contributed by atoms with Crippen LogP contribution in [0, 0.1) is 41.5 Å². The van der Waals surface area contributed by atoms with Crippen LogP contribution in [0.3, 0.4) is 0 Å². The molecule has 6 heteroatoms. The van der Waals surface area contributed by atoms with Gasteiger partial charge >= 0.3 is 33.3 Å². The second-order valence-electron chi connectivity index (χ2n) is 9.80. The van der Waals surface area contributed by atoms with Gasteiger partial charge in [0.1, 0.15) is 0 Å². The fourth-order valence-electron chi connectivity index (χ4n) is 4.77. The Morgan fingerprint density at radius 3 is 1.48 bits per heavy atom. The van der Waals surface area contributed by atoms with Crippen molar-refractivity contribution in [2.45, 2.75) is 41.5 Å². The van der Waals surface area contributed by atoms with E-state index >= 15 is 0 Å². The van der Waals surface area contributed by atoms with Gasteiger partial charge in [0.2, 0.25) is 0 Å². The molecule has 4 rings (SSSR count). The van der Waals surface area contributed by atoms with E-state index in [1.54, 1.807) is 0 Å². The number of rotatable bonds is 7. The van der Waals surface area contributed by atoms with Crippen LogP contribution < -0.4 is 0 Å². The number of halogens is 2. The molecule has 0 aliphatic rings. The van der Waals surface area contributed by atoms with Crippen molar-refractivity contribution in [1.29, 1.82) is 0 Å². The van der Waals surface area contributed by atoms with E-state index in [0.717, 1.165) is 45.1 Å². The molecule has 3 nitrogen and oxygen atoms in total. The van der Waals surface area contributed by atoms with Crippen molar-refractivity contribution in [3.63, 3.8) is 0 Å². The molecule has 208 valence electrons. The molecule has 0 amide bonds. The molecular formula is C34H35Cl2FeN3. The first-order valence-electron chi connectivity index (χ1n) is 13.0. The third-order valence-electron chi connectivity index (χ3n) is 6.38. The maximum absolute atomic E-state index is 5.12. The Kier molecular flexibility index (Phi) is 12.4. The van der Waals surface area contributed by atoms with E-state index in [1.165, 1.54) is 22.3 Å². The number of benzene rings is 4. The predicted octanol–water partition coefficient (Wildman–Crippen LogP) is 9.93. The summed E-state index contributed by atoms with van der Waals surface area (Å²) in [6, 6.07) is 29.3. The summed E-state index contributed by atoms with van der Waals surface area (Å²) < 4.78 is 0. The van der Waals surface area contributed by atoms with Crippen LogP contribution in [0.4, 0.5) is 11.4 Å². The van der Waals surface area contributed by atoms with Crippen molar-refractivity contribution in [2.24, 2.45) is 15.0 Å². The summed E-state index contributed by atoms with van der Waals surface area (Å²) in [6.07, 6.45) is 1.89. The van der Waals surface area contributed by atoms with Crippen LogP contribution in [0.1, 0.15) is 44.5 Å². The fraction of sp³-hybridized carbons (Fsp3) is 0.206. The van der Waals surface area contributed by atoms with Crippen LogP contribution in [0.5, 0.6) is 0 Å². The normalized spacial score (nSPS) is 12.0. The molecule has 0 N–H and O–H groups in total. The molecule has 4 aromatic carbocycles. The van der Waals surface area contributed by atoms with Gasteiger partial charge in [-0.25, -0.2) is 4.99 Å². The Labute approximate surface area is 253 Å². The Bertz CT molecular complexity index is 1470. The Hall–Kier alpha value is -3.01. The summed E-state index contributed by atoms with van der Waals surface area (Å²) in [7, 11) is 9.53. The molecular weight excluding hydrogens is 577 g/mol. The molecule has 0 atom stereocenters. The first-order valence-corrected chi connectivity index (χ1v) is 16.0. The number of aryl methyl sites for hydroxylation is 6. The molecule has 0 radical (unpaired) electrons. The first kappa shape index (κ1) is 31.5. The molecule has 4 aromatic rings. The number of nitrogens with zero attached hydrogens (tertiary/aromatic N) is 3. The van der Waals surface area contributed by atoms with Crippen LogP contribution in [0.15, 0.2) is 99.9 Å². The monoisotopic (exact) mass is 611 g/mol. The van der Waals surface area contributed by atoms with E-state index in [2.05, 4.69) is 90.1 Å². The molecule has 0 heterocycles. The first-order chi connectivity index (χ1) is 19.2. The van der Waals surface area contributed by atoms with Crippen molar-refractivity contribution >= 4 is 49.2 Å². The van der Waals surface area contributed by atoms with Gasteiger partial charge in [-0.1, -0.05) is 96.1 Å². The van der Waals surface area contributed by atoms with Crippen molar-refractivity contribution in [3.8, 4) is 0 Å². The number of hydrogen-bond acceptors (Lipinski definition) is 3. The van der Waals surface area contributed by atoms with Crippen molar-refractivity contribution in [3.05, 3.63) is 129 Å². The van der Waals surface area contributed by atoms with E-state index in [4.69, 9.17) is 35.2 Å². The number of aliphatic imine (C=N–C) groups is 3. The zero-order valence-electron chi connectivity index (χ0n) is 23.8. The summed E-state index contributed by atoms with van der Waals surface area (Å²) >= 11 is 0.194. The van der Waals surface area contributed by atoms with Gasteiger partial charge in [-0.15, -0.1) is 0 Å². The molecule has 0 fully saturated rings. The second kappa shape index (κ2) is 15.7. The van der Waals surface area contributed by atoms with Gasteiger partial charge in [0.25, 0.3) is 0 Å². The molecule has 0 aliphatic heterocycles. The Morgan fingerprint density at radius 2 is 1.02 bits per heavy atom. The molecule has 0 aromatic heterocycles. The minimum atomic E-state index is 0.194. The van der Waals surface area contributed by atoms with Gasteiger partial charge in [0.15, 0.2) is 0 Å². The number of hydrogen-bond donors (Lipinski definition) is 0. The Balaban J connectivity index is 0.00000141. The molecule has 0 spiro atoms. The second-order valence-corrected chi connectivity index (χ2v) is 11.6.